The number of nitrogens with one attached hydrogen (secondary N) is 2. The minimum Gasteiger partial charge on any atom is -0.487 e. The predicted octanol–water partition coefficient (Wildman–Crippen LogP) is 2.96. The summed E-state index contributed by atoms with van der Waals surface area (Å²) in [7, 11) is 0. The molecule has 3 heterocycles. The molecule has 0 aliphatic carbocycles. The Labute approximate surface area is 209 Å². The second-order valence-corrected chi connectivity index (χ2v) is 9.20. The molecule has 3 N–H and O–H groups in total. The largest absolute Gasteiger partial charge is 0.487 e. The van der Waals surface area contributed by atoms with E-state index < -0.39 is 6.10 Å². The number of benzene rings is 2. The van der Waals surface area contributed by atoms with Gasteiger partial charge in [0.05, 0.1) is 25.6 Å². The molecule has 0 radical (unpaired) electrons. The fourth-order valence-electron chi connectivity index (χ4n) is 4.93. The molecule has 2 aliphatic rings. The van der Waals surface area contributed by atoms with Crippen molar-refractivity contribution >= 4 is 17.5 Å². The molecule has 1 saturated heterocycles. The highest BCUT2D eigenvalue weighted by molar-refractivity contribution is 5.92. The molecule has 2 aromatic carbocycles. The van der Waals surface area contributed by atoms with E-state index in [4.69, 9.17) is 9.47 Å². The molecule has 0 spiro atoms. The lowest BCUT2D eigenvalue weighted by Gasteiger charge is -2.37. The first-order valence-corrected chi connectivity index (χ1v) is 12.2. The number of aliphatic hydroxyl groups is 1. The molecule has 5 rings (SSSR count). The maximum atomic E-state index is 12.6. The lowest BCUT2D eigenvalue weighted by Crippen LogP contribution is -2.47. The SMILES string of the molecule is O=C(C[C@H]1C[C@H]2c3cc(NC(=O)Cc4ccncc4)ccc3O[C@H]2[C@@H](CO)O1)NCc1ccccc1. The van der Waals surface area contributed by atoms with Crippen molar-refractivity contribution in [1.82, 2.24) is 10.3 Å². The Kier molecular flexibility index (Phi) is 7.25. The number of pyridine rings is 1. The van der Waals surface area contributed by atoms with Gasteiger partial charge in [-0.15, -0.1) is 0 Å². The maximum absolute atomic E-state index is 12.6. The highest BCUT2D eigenvalue weighted by Gasteiger charge is 2.46. The van der Waals surface area contributed by atoms with Crippen molar-refractivity contribution < 1.29 is 24.2 Å². The van der Waals surface area contributed by atoms with E-state index in [1.54, 1.807) is 12.4 Å². The summed E-state index contributed by atoms with van der Waals surface area (Å²) in [5.74, 6) is 0.447. The van der Waals surface area contributed by atoms with Gasteiger partial charge >= 0.3 is 0 Å². The maximum Gasteiger partial charge on any atom is 0.228 e. The number of aromatic nitrogens is 1. The van der Waals surface area contributed by atoms with Crippen molar-refractivity contribution in [1.29, 1.82) is 0 Å². The zero-order chi connectivity index (χ0) is 24.9. The van der Waals surface area contributed by atoms with E-state index in [9.17, 15) is 14.7 Å². The van der Waals surface area contributed by atoms with Crippen LogP contribution < -0.4 is 15.4 Å². The fraction of sp³-hybridized carbons (Fsp3) is 0.321. The Hall–Kier alpha value is -3.75. The van der Waals surface area contributed by atoms with Crippen LogP contribution in [0.3, 0.4) is 0 Å². The molecule has 8 heteroatoms. The molecule has 36 heavy (non-hydrogen) atoms. The highest BCUT2D eigenvalue weighted by atomic mass is 16.6. The first-order chi connectivity index (χ1) is 17.6. The van der Waals surface area contributed by atoms with Crippen LogP contribution in [0.25, 0.3) is 0 Å². The van der Waals surface area contributed by atoms with E-state index in [1.807, 2.05) is 60.7 Å². The Bertz CT molecular complexity index is 1200. The summed E-state index contributed by atoms with van der Waals surface area (Å²) < 4.78 is 12.2. The Morgan fingerprint density at radius 3 is 2.58 bits per heavy atom. The van der Waals surface area contributed by atoms with Crippen LogP contribution in [-0.4, -0.2) is 46.8 Å². The zero-order valence-electron chi connectivity index (χ0n) is 19.8. The molecule has 186 valence electrons. The van der Waals surface area contributed by atoms with E-state index in [0.29, 0.717) is 24.4 Å². The minimum absolute atomic E-state index is 0.0464. The molecule has 1 fully saturated rings. The fourth-order valence-corrected chi connectivity index (χ4v) is 4.93. The summed E-state index contributed by atoms with van der Waals surface area (Å²) in [5, 5.41) is 15.9. The summed E-state index contributed by atoms with van der Waals surface area (Å²) in [5.41, 5.74) is 3.55. The van der Waals surface area contributed by atoms with Crippen LogP contribution in [0.5, 0.6) is 5.75 Å². The molecule has 8 nitrogen and oxygen atoms in total. The molecule has 0 unspecified atom stereocenters. The van der Waals surface area contributed by atoms with Crippen LogP contribution in [0.1, 0.15) is 35.4 Å². The van der Waals surface area contributed by atoms with Crippen LogP contribution in [0.15, 0.2) is 73.1 Å². The van der Waals surface area contributed by atoms with Gasteiger partial charge in [0.25, 0.3) is 0 Å². The number of hydrogen-bond donors (Lipinski definition) is 3. The van der Waals surface area contributed by atoms with Crippen LogP contribution in [0.2, 0.25) is 0 Å². The third-order valence-corrected chi connectivity index (χ3v) is 6.64. The van der Waals surface area contributed by atoms with Gasteiger partial charge in [-0.1, -0.05) is 30.3 Å². The van der Waals surface area contributed by atoms with Gasteiger partial charge in [0.1, 0.15) is 18.0 Å². The summed E-state index contributed by atoms with van der Waals surface area (Å²) in [6.07, 6.45) is 3.14. The van der Waals surface area contributed by atoms with Gasteiger partial charge in [-0.25, -0.2) is 0 Å². The molecule has 2 aliphatic heterocycles. The molecular weight excluding hydrogens is 458 g/mol. The number of carbonyl (C=O) groups excluding carboxylic acids is 2. The second-order valence-electron chi connectivity index (χ2n) is 9.20. The van der Waals surface area contributed by atoms with E-state index in [2.05, 4.69) is 15.6 Å². The van der Waals surface area contributed by atoms with E-state index >= 15 is 0 Å². The van der Waals surface area contributed by atoms with Gasteiger partial charge in [0.2, 0.25) is 11.8 Å². The predicted molar refractivity (Wildman–Crippen MR) is 133 cm³/mol. The Balaban J connectivity index is 1.24. The number of carbonyl (C=O) groups is 2. The van der Waals surface area contributed by atoms with Crippen LogP contribution >= 0.6 is 0 Å². The number of nitrogens with zero attached hydrogens (tertiary/aromatic N) is 1. The number of amides is 2. The third-order valence-electron chi connectivity index (χ3n) is 6.64. The first-order valence-electron chi connectivity index (χ1n) is 12.2. The summed E-state index contributed by atoms with van der Waals surface area (Å²) in [6, 6.07) is 18.9. The molecule has 2 amide bonds. The first kappa shape index (κ1) is 24.0. The van der Waals surface area contributed by atoms with E-state index in [0.717, 1.165) is 16.7 Å². The van der Waals surface area contributed by atoms with Crippen LogP contribution in [0, 0.1) is 0 Å². The van der Waals surface area contributed by atoms with Crippen molar-refractivity contribution in [2.45, 2.75) is 50.0 Å². The standard InChI is InChI=1S/C28H29N3O5/c32-17-25-28-23(14-21(35-25)15-26(33)30-16-19-4-2-1-3-5-19)22-13-20(6-7-24(22)36-28)31-27(34)12-18-8-10-29-11-9-18/h1-11,13,21,23,25,28,32H,12,14-17H2,(H,30,33)(H,31,34)/t21-,23+,25-,28-/m1/s1. The van der Waals surface area contributed by atoms with Gasteiger partial charge in [-0.05, 0) is 47.9 Å². The summed E-state index contributed by atoms with van der Waals surface area (Å²) in [4.78, 5) is 29.1. The van der Waals surface area contributed by atoms with E-state index in [1.165, 1.54) is 0 Å². The van der Waals surface area contributed by atoms with Crippen LogP contribution in [-0.2, 0) is 27.3 Å². The lowest BCUT2D eigenvalue weighted by molar-refractivity contribution is -0.142. The van der Waals surface area contributed by atoms with Gasteiger partial charge in [-0.2, -0.15) is 0 Å². The lowest BCUT2D eigenvalue weighted by atomic mass is 9.84. The Morgan fingerprint density at radius 1 is 1.00 bits per heavy atom. The Morgan fingerprint density at radius 2 is 1.81 bits per heavy atom. The molecular formula is C28H29N3O5. The molecule has 1 aromatic heterocycles. The molecule has 4 atom stereocenters. The molecule has 3 aromatic rings. The van der Waals surface area contributed by atoms with Crippen molar-refractivity contribution in [2.24, 2.45) is 0 Å². The van der Waals surface area contributed by atoms with Crippen molar-refractivity contribution in [3.63, 3.8) is 0 Å². The average molecular weight is 488 g/mol. The van der Waals surface area contributed by atoms with Crippen LogP contribution in [0.4, 0.5) is 5.69 Å². The van der Waals surface area contributed by atoms with Crippen molar-refractivity contribution in [3.05, 3.63) is 89.7 Å². The minimum atomic E-state index is -0.534. The number of fused-ring (bicyclic) bond motifs is 3. The monoisotopic (exact) mass is 487 g/mol. The number of ether oxygens (including phenoxy) is 2. The normalized spacial score (nSPS) is 22.1. The number of hydrogen-bond acceptors (Lipinski definition) is 6. The second kappa shape index (κ2) is 10.9. The third kappa shape index (κ3) is 5.56. The van der Waals surface area contributed by atoms with Gasteiger partial charge in [0, 0.05) is 36.1 Å². The smallest absolute Gasteiger partial charge is 0.228 e. The topological polar surface area (TPSA) is 110 Å². The summed E-state index contributed by atoms with van der Waals surface area (Å²) >= 11 is 0. The highest BCUT2D eigenvalue weighted by Crippen LogP contribution is 2.47. The number of anilines is 1. The molecule has 0 saturated carbocycles. The van der Waals surface area contributed by atoms with E-state index in [-0.39, 0.29) is 49.4 Å². The molecule has 0 bridgehead atoms. The van der Waals surface area contributed by atoms with Crippen molar-refractivity contribution in [2.75, 3.05) is 11.9 Å². The van der Waals surface area contributed by atoms with Crippen molar-refractivity contribution in [3.8, 4) is 5.75 Å². The van der Waals surface area contributed by atoms with Gasteiger partial charge in [-0.3, -0.25) is 14.6 Å². The number of rotatable bonds is 8. The zero-order valence-corrected chi connectivity index (χ0v) is 19.8. The number of aliphatic hydroxyl groups excluding tert-OH is 1. The van der Waals surface area contributed by atoms with Gasteiger partial charge in [0.15, 0.2) is 0 Å². The quantitative estimate of drug-likeness (QED) is 0.451. The average Bonchev–Trinajstić information content (AvgIpc) is 3.26. The summed E-state index contributed by atoms with van der Waals surface area (Å²) in [6.45, 7) is 0.253. The van der Waals surface area contributed by atoms with Gasteiger partial charge < -0.3 is 25.2 Å².